The summed E-state index contributed by atoms with van der Waals surface area (Å²) in [6.45, 7) is 1.30. The number of nitrogens with zero attached hydrogens (tertiary/aromatic N) is 1. The molecule has 4 amide bonds. The van der Waals surface area contributed by atoms with Crippen molar-refractivity contribution in [3.8, 4) is 0 Å². The maximum Gasteiger partial charge on any atom is 0.315 e. The van der Waals surface area contributed by atoms with Crippen LogP contribution in [0.15, 0.2) is 29.2 Å². The van der Waals surface area contributed by atoms with E-state index in [-0.39, 0.29) is 29.0 Å². The number of urea groups is 1. The summed E-state index contributed by atoms with van der Waals surface area (Å²) < 4.78 is 26.8. The van der Waals surface area contributed by atoms with E-state index in [2.05, 4.69) is 21.5 Å². The van der Waals surface area contributed by atoms with Gasteiger partial charge < -0.3 is 10.6 Å². The Kier molecular flexibility index (Phi) is 9.07. The van der Waals surface area contributed by atoms with E-state index in [1.54, 1.807) is 0 Å². The molecule has 0 radical (unpaired) electrons. The van der Waals surface area contributed by atoms with Crippen LogP contribution in [-0.4, -0.2) is 56.2 Å². The molecule has 4 N–H and O–H groups in total. The van der Waals surface area contributed by atoms with Crippen molar-refractivity contribution in [2.24, 2.45) is 0 Å². The smallest absolute Gasteiger partial charge is 0.315 e. The largest absolute Gasteiger partial charge is 0.338 e. The van der Waals surface area contributed by atoms with Gasteiger partial charge in [-0.3, -0.25) is 20.4 Å². The normalized spacial score (nSPS) is 17.3. The molecule has 3 rings (SSSR count). The third kappa shape index (κ3) is 7.43. The number of hydrogen-bond donors (Lipinski definition) is 4. The first-order chi connectivity index (χ1) is 15.9. The van der Waals surface area contributed by atoms with Crippen molar-refractivity contribution < 1.29 is 22.8 Å². The van der Waals surface area contributed by atoms with Crippen LogP contribution >= 0.6 is 0 Å². The van der Waals surface area contributed by atoms with E-state index >= 15 is 0 Å². The first-order valence-electron chi connectivity index (χ1n) is 11.6. The molecule has 182 valence electrons. The van der Waals surface area contributed by atoms with Crippen LogP contribution in [0.2, 0.25) is 0 Å². The van der Waals surface area contributed by atoms with Crippen molar-refractivity contribution >= 4 is 27.9 Å². The molecule has 0 bridgehead atoms. The van der Waals surface area contributed by atoms with E-state index in [1.807, 2.05) is 0 Å². The summed E-state index contributed by atoms with van der Waals surface area (Å²) in [7, 11) is -3.63. The van der Waals surface area contributed by atoms with Crippen molar-refractivity contribution in [1.82, 2.24) is 25.8 Å². The summed E-state index contributed by atoms with van der Waals surface area (Å²) in [5, 5.41) is 5.69. The molecule has 1 saturated heterocycles. The first-order valence-corrected chi connectivity index (χ1v) is 13.0. The Morgan fingerprint density at radius 2 is 1.70 bits per heavy atom. The molecule has 1 aliphatic heterocycles. The first kappa shape index (κ1) is 25.0. The average molecular weight is 480 g/mol. The van der Waals surface area contributed by atoms with Crippen molar-refractivity contribution in [3.05, 3.63) is 29.8 Å². The number of benzene rings is 1. The van der Waals surface area contributed by atoms with Crippen LogP contribution in [0, 0.1) is 0 Å². The monoisotopic (exact) mass is 479 g/mol. The minimum Gasteiger partial charge on any atom is -0.338 e. The van der Waals surface area contributed by atoms with Crippen LogP contribution in [0.4, 0.5) is 4.79 Å². The molecule has 33 heavy (non-hydrogen) atoms. The summed E-state index contributed by atoms with van der Waals surface area (Å²) >= 11 is 0. The van der Waals surface area contributed by atoms with Crippen molar-refractivity contribution in [1.29, 1.82) is 0 Å². The second kappa shape index (κ2) is 12.0. The number of carbonyl (C=O) groups excluding carboxylic acids is 3. The minimum absolute atomic E-state index is 0.0564. The predicted octanol–water partition coefficient (Wildman–Crippen LogP) is 1.64. The second-order valence-corrected chi connectivity index (χ2v) is 10.4. The highest BCUT2D eigenvalue weighted by atomic mass is 32.2. The molecule has 1 aromatic rings. The maximum absolute atomic E-state index is 12.7. The summed E-state index contributed by atoms with van der Waals surface area (Å²) in [5.74, 6) is -1.01. The number of hydrazine groups is 1. The van der Waals surface area contributed by atoms with Gasteiger partial charge in [-0.05, 0) is 50.3 Å². The predicted molar refractivity (Wildman–Crippen MR) is 123 cm³/mol. The quantitative estimate of drug-likeness (QED) is 0.332. The van der Waals surface area contributed by atoms with Crippen LogP contribution < -0.4 is 21.5 Å². The van der Waals surface area contributed by atoms with Crippen LogP contribution in [0.3, 0.4) is 0 Å². The van der Waals surface area contributed by atoms with Gasteiger partial charge in [-0.1, -0.05) is 25.3 Å². The fourth-order valence-corrected chi connectivity index (χ4v) is 5.63. The topological polar surface area (TPSA) is 137 Å². The van der Waals surface area contributed by atoms with Gasteiger partial charge >= 0.3 is 6.03 Å². The number of amides is 4. The van der Waals surface area contributed by atoms with Crippen molar-refractivity contribution in [2.45, 2.75) is 68.7 Å². The van der Waals surface area contributed by atoms with Gasteiger partial charge in [0.15, 0.2) is 0 Å². The third-order valence-electron chi connectivity index (χ3n) is 5.92. The summed E-state index contributed by atoms with van der Waals surface area (Å²) in [6, 6.07) is 5.76. The third-order valence-corrected chi connectivity index (χ3v) is 7.82. The highest BCUT2D eigenvalue weighted by molar-refractivity contribution is 7.89. The molecule has 1 saturated carbocycles. The number of carbonyl (C=O) groups is 3. The SMILES string of the molecule is O=C(CCCNC(=O)NC1CCCCC1)NNC(=O)c1cccc(S(=O)(=O)N2CCCC2)c1. The Bertz CT molecular complexity index is 940. The van der Waals surface area contributed by atoms with E-state index in [1.165, 1.54) is 35.0 Å². The molecule has 1 aromatic carbocycles. The highest BCUT2D eigenvalue weighted by Gasteiger charge is 2.27. The van der Waals surface area contributed by atoms with Crippen LogP contribution in [0.5, 0.6) is 0 Å². The second-order valence-electron chi connectivity index (χ2n) is 8.48. The summed E-state index contributed by atoms with van der Waals surface area (Å²) in [6.07, 6.45) is 7.68. The lowest BCUT2D eigenvalue weighted by Crippen LogP contribution is -2.44. The lowest BCUT2D eigenvalue weighted by molar-refractivity contribution is -0.121. The van der Waals surface area contributed by atoms with E-state index < -0.39 is 21.8 Å². The van der Waals surface area contributed by atoms with Crippen LogP contribution in [0.25, 0.3) is 0 Å². The molecule has 1 aliphatic carbocycles. The van der Waals surface area contributed by atoms with Gasteiger partial charge in [-0.15, -0.1) is 0 Å². The molecule has 2 fully saturated rings. The Morgan fingerprint density at radius 1 is 0.970 bits per heavy atom. The van der Waals surface area contributed by atoms with Gasteiger partial charge in [0.05, 0.1) is 4.90 Å². The lowest BCUT2D eigenvalue weighted by Gasteiger charge is -2.22. The molecule has 10 nitrogen and oxygen atoms in total. The Balaban J connectivity index is 1.37. The number of nitrogens with one attached hydrogen (secondary N) is 4. The molecule has 0 spiro atoms. The van der Waals surface area contributed by atoms with Gasteiger partial charge in [0.1, 0.15) is 0 Å². The Labute approximate surface area is 194 Å². The maximum atomic E-state index is 12.7. The van der Waals surface area contributed by atoms with Gasteiger partial charge in [-0.25, -0.2) is 13.2 Å². The highest BCUT2D eigenvalue weighted by Crippen LogP contribution is 2.21. The summed E-state index contributed by atoms with van der Waals surface area (Å²) in [4.78, 5) is 36.3. The molecule has 11 heteroatoms. The zero-order valence-corrected chi connectivity index (χ0v) is 19.6. The number of sulfonamides is 1. The fourth-order valence-electron chi connectivity index (χ4n) is 4.07. The van der Waals surface area contributed by atoms with E-state index in [0.29, 0.717) is 26.1 Å². The van der Waals surface area contributed by atoms with Crippen LogP contribution in [-0.2, 0) is 14.8 Å². The van der Waals surface area contributed by atoms with Gasteiger partial charge in [-0.2, -0.15) is 4.31 Å². The number of hydrogen-bond acceptors (Lipinski definition) is 5. The molecule has 0 aromatic heterocycles. The number of rotatable bonds is 8. The molecule has 0 atom stereocenters. The fraction of sp³-hybridized carbons (Fsp3) is 0.591. The molecule has 1 heterocycles. The average Bonchev–Trinajstić information content (AvgIpc) is 3.37. The van der Waals surface area contributed by atoms with E-state index in [4.69, 9.17) is 0 Å². The standard InChI is InChI=1S/C22H33N5O5S/c28-20(12-7-13-23-22(30)24-18-9-2-1-3-10-18)25-26-21(29)17-8-6-11-19(16-17)33(31,32)27-14-4-5-15-27/h6,8,11,16,18H,1-5,7,9-10,12-15H2,(H,25,28)(H,26,29)(H2,23,24,30). The van der Waals surface area contributed by atoms with Crippen LogP contribution in [0.1, 0.15) is 68.1 Å². The van der Waals surface area contributed by atoms with E-state index in [0.717, 1.165) is 38.5 Å². The summed E-state index contributed by atoms with van der Waals surface area (Å²) in [5.41, 5.74) is 4.76. The molecule has 0 unspecified atom stereocenters. The van der Waals surface area contributed by atoms with Crippen molar-refractivity contribution in [2.75, 3.05) is 19.6 Å². The van der Waals surface area contributed by atoms with Gasteiger partial charge in [0, 0.05) is 37.7 Å². The van der Waals surface area contributed by atoms with Crippen molar-refractivity contribution in [3.63, 3.8) is 0 Å². The minimum atomic E-state index is -3.63. The zero-order chi connectivity index (χ0) is 23.7. The lowest BCUT2D eigenvalue weighted by atomic mass is 9.96. The van der Waals surface area contributed by atoms with Gasteiger partial charge in [0.25, 0.3) is 5.91 Å². The Hall–Kier alpha value is -2.66. The molecular weight excluding hydrogens is 446 g/mol. The van der Waals surface area contributed by atoms with E-state index in [9.17, 15) is 22.8 Å². The Morgan fingerprint density at radius 3 is 2.42 bits per heavy atom. The van der Waals surface area contributed by atoms with Gasteiger partial charge in [0.2, 0.25) is 15.9 Å². The molecule has 2 aliphatic rings. The zero-order valence-electron chi connectivity index (χ0n) is 18.8. The molecular formula is C22H33N5O5S.